The molecule has 0 bridgehead atoms. The monoisotopic (exact) mass is 270 g/mol. The van der Waals surface area contributed by atoms with Crippen LogP contribution in [0.2, 0.25) is 0 Å². The number of carbonyl (C=O) groups is 2. The first kappa shape index (κ1) is 16.0. The van der Waals surface area contributed by atoms with Crippen LogP contribution < -0.4 is 5.32 Å². The first-order chi connectivity index (χ1) is 8.82. The maximum absolute atomic E-state index is 12.0. The molecule has 5 heteroatoms. The fourth-order valence-electron chi connectivity index (χ4n) is 2.77. The summed E-state index contributed by atoms with van der Waals surface area (Å²) < 4.78 is 0. The number of carbonyl (C=O) groups excluding carboxylic acids is 1. The van der Waals surface area contributed by atoms with Crippen LogP contribution in [0.4, 0.5) is 0 Å². The van der Waals surface area contributed by atoms with Crippen molar-refractivity contribution in [3.8, 4) is 0 Å². The van der Waals surface area contributed by atoms with Gasteiger partial charge in [-0.15, -0.1) is 0 Å². The fraction of sp³-hybridized carbons (Fsp3) is 0.857. The highest BCUT2D eigenvalue weighted by atomic mass is 16.4. The Kier molecular flexibility index (Phi) is 5.35. The molecule has 5 nitrogen and oxygen atoms in total. The molecule has 0 aliphatic carbocycles. The van der Waals surface area contributed by atoms with Crippen molar-refractivity contribution in [3.63, 3.8) is 0 Å². The molecule has 110 valence electrons. The maximum Gasteiger partial charge on any atom is 0.310 e. The van der Waals surface area contributed by atoms with Crippen LogP contribution in [-0.2, 0) is 9.59 Å². The average molecular weight is 270 g/mol. The van der Waals surface area contributed by atoms with E-state index in [0.29, 0.717) is 25.9 Å². The minimum Gasteiger partial charge on any atom is -0.481 e. The van der Waals surface area contributed by atoms with Crippen LogP contribution in [0.1, 0.15) is 47.0 Å². The van der Waals surface area contributed by atoms with Crippen LogP contribution >= 0.6 is 0 Å². The number of carboxylic acid groups (broad SMARTS) is 1. The lowest BCUT2D eigenvalue weighted by atomic mass is 9.83. The molecule has 2 atom stereocenters. The number of nitrogens with one attached hydrogen (secondary N) is 1. The molecule has 1 amide bonds. The quantitative estimate of drug-likeness (QED) is 0.767. The molecule has 1 aliphatic heterocycles. The first-order valence-electron chi connectivity index (χ1n) is 7.10. The van der Waals surface area contributed by atoms with Gasteiger partial charge in [0.05, 0.1) is 11.5 Å². The van der Waals surface area contributed by atoms with Crippen molar-refractivity contribution in [1.29, 1.82) is 0 Å². The van der Waals surface area contributed by atoms with E-state index in [2.05, 4.69) is 5.32 Å². The zero-order valence-corrected chi connectivity index (χ0v) is 12.4. The van der Waals surface area contributed by atoms with Crippen LogP contribution in [0.5, 0.6) is 0 Å². The van der Waals surface area contributed by atoms with Gasteiger partial charge in [-0.1, -0.05) is 13.3 Å². The Morgan fingerprint density at radius 1 is 1.37 bits per heavy atom. The Labute approximate surface area is 115 Å². The van der Waals surface area contributed by atoms with Crippen molar-refractivity contribution in [3.05, 3.63) is 0 Å². The standard InChI is InChI=1S/C14H26N2O3/c1-5-6-14(13(18)19)7-8-16(9-14)11(4)12(17)15-10(2)3/h10-11H,5-9H2,1-4H3,(H,15,17)(H,18,19). The molecule has 0 saturated carbocycles. The SMILES string of the molecule is CCCC1(C(=O)O)CCN(C(C)C(=O)NC(C)C)C1. The molecule has 1 fully saturated rings. The second kappa shape index (κ2) is 6.37. The summed E-state index contributed by atoms with van der Waals surface area (Å²) in [6.45, 7) is 8.85. The van der Waals surface area contributed by atoms with E-state index in [1.54, 1.807) is 0 Å². The van der Waals surface area contributed by atoms with Gasteiger partial charge in [-0.3, -0.25) is 14.5 Å². The zero-order chi connectivity index (χ0) is 14.6. The highest BCUT2D eigenvalue weighted by Crippen LogP contribution is 2.36. The van der Waals surface area contributed by atoms with E-state index in [1.165, 1.54) is 0 Å². The van der Waals surface area contributed by atoms with Crippen molar-refractivity contribution >= 4 is 11.9 Å². The van der Waals surface area contributed by atoms with Crippen molar-refractivity contribution in [1.82, 2.24) is 10.2 Å². The minimum absolute atomic E-state index is 0.0207. The van der Waals surface area contributed by atoms with E-state index in [1.807, 2.05) is 32.6 Å². The molecule has 1 rings (SSSR count). The van der Waals surface area contributed by atoms with Gasteiger partial charge in [-0.25, -0.2) is 0 Å². The molecule has 1 aliphatic rings. The fourth-order valence-corrected chi connectivity index (χ4v) is 2.77. The second-order valence-corrected chi connectivity index (χ2v) is 5.90. The summed E-state index contributed by atoms with van der Waals surface area (Å²) in [7, 11) is 0. The molecule has 1 heterocycles. The predicted molar refractivity (Wildman–Crippen MR) is 73.9 cm³/mol. The lowest BCUT2D eigenvalue weighted by Crippen LogP contribution is -2.47. The van der Waals surface area contributed by atoms with E-state index >= 15 is 0 Å². The molecule has 0 aromatic rings. The van der Waals surface area contributed by atoms with Crippen LogP contribution in [-0.4, -0.2) is 47.1 Å². The van der Waals surface area contributed by atoms with Gasteiger partial charge in [-0.05, 0) is 33.6 Å². The molecule has 0 aromatic carbocycles. The number of hydrogen-bond donors (Lipinski definition) is 2. The van der Waals surface area contributed by atoms with Gasteiger partial charge in [0.1, 0.15) is 0 Å². The van der Waals surface area contributed by atoms with Crippen LogP contribution in [0.15, 0.2) is 0 Å². The van der Waals surface area contributed by atoms with Crippen molar-refractivity contribution in [2.75, 3.05) is 13.1 Å². The van der Waals surface area contributed by atoms with E-state index in [-0.39, 0.29) is 18.0 Å². The molecule has 0 aromatic heterocycles. The van der Waals surface area contributed by atoms with Crippen molar-refractivity contribution in [2.45, 2.75) is 59.0 Å². The minimum atomic E-state index is -0.728. The summed E-state index contributed by atoms with van der Waals surface area (Å²) in [6, 6.07) is -0.155. The van der Waals surface area contributed by atoms with Gasteiger partial charge in [0, 0.05) is 19.1 Å². The summed E-state index contributed by atoms with van der Waals surface area (Å²) in [4.78, 5) is 25.5. The number of nitrogens with zero attached hydrogens (tertiary/aromatic N) is 1. The van der Waals surface area contributed by atoms with E-state index in [0.717, 1.165) is 6.42 Å². The topological polar surface area (TPSA) is 69.6 Å². The molecule has 19 heavy (non-hydrogen) atoms. The number of likely N-dealkylation sites (tertiary alicyclic amines) is 1. The Bertz CT molecular complexity index is 344. The van der Waals surface area contributed by atoms with E-state index < -0.39 is 11.4 Å². The summed E-state index contributed by atoms with van der Waals surface area (Å²) in [6.07, 6.45) is 2.17. The average Bonchev–Trinajstić information content (AvgIpc) is 2.73. The number of hydrogen-bond acceptors (Lipinski definition) is 3. The van der Waals surface area contributed by atoms with Crippen molar-refractivity contribution in [2.24, 2.45) is 5.41 Å². The molecule has 2 N–H and O–H groups in total. The van der Waals surface area contributed by atoms with Crippen molar-refractivity contribution < 1.29 is 14.7 Å². The molecule has 0 spiro atoms. The molecular formula is C14H26N2O3. The number of carboxylic acids is 1. The molecular weight excluding hydrogens is 244 g/mol. The van der Waals surface area contributed by atoms with E-state index in [4.69, 9.17) is 0 Å². The third-order valence-electron chi connectivity index (χ3n) is 3.92. The zero-order valence-electron chi connectivity index (χ0n) is 12.4. The Balaban J connectivity index is 2.68. The Morgan fingerprint density at radius 3 is 2.47 bits per heavy atom. The summed E-state index contributed by atoms with van der Waals surface area (Å²) in [5.41, 5.74) is -0.666. The first-order valence-corrected chi connectivity index (χ1v) is 7.10. The Morgan fingerprint density at radius 2 is 2.00 bits per heavy atom. The lowest BCUT2D eigenvalue weighted by molar-refractivity contribution is -0.149. The van der Waals surface area contributed by atoms with Gasteiger partial charge in [0.25, 0.3) is 0 Å². The second-order valence-electron chi connectivity index (χ2n) is 5.90. The lowest BCUT2D eigenvalue weighted by Gasteiger charge is -2.27. The summed E-state index contributed by atoms with van der Waals surface area (Å²) in [5.74, 6) is -0.749. The molecule has 2 unspecified atom stereocenters. The number of aliphatic carboxylic acids is 1. The summed E-state index contributed by atoms with van der Waals surface area (Å²) in [5, 5.41) is 12.3. The van der Waals surface area contributed by atoms with Crippen LogP contribution in [0.25, 0.3) is 0 Å². The molecule has 0 radical (unpaired) electrons. The highest BCUT2D eigenvalue weighted by Gasteiger charge is 2.45. The van der Waals surface area contributed by atoms with Gasteiger partial charge in [0.2, 0.25) is 5.91 Å². The number of rotatable bonds is 6. The van der Waals surface area contributed by atoms with Crippen LogP contribution in [0, 0.1) is 5.41 Å². The van der Waals surface area contributed by atoms with E-state index in [9.17, 15) is 14.7 Å². The predicted octanol–water partition coefficient (Wildman–Crippen LogP) is 1.48. The van der Waals surface area contributed by atoms with Gasteiger partial charge >= 0.3 is 5.97 Å². The smallest absolute Gasteiger partial charge is 0.310 e. The highest BCUT2D eigenvalue weighted by molar-refractivity contribution is 5.82. The van der Waals surface area contributed by atoms with Gasteiger partial charge in [-0.2, -0.15) is 0 Å². The third-order valence-corrected chi connectivity index (χ3v) is 3.92. The normalized spacial score (nSPS) is 25.5. The van der Waals surface area contributed by atoms with Gasteiger partial charge in [0.15, 0.2) is 0 Å². The number of amides is 1. The Hall–Kier alpha value is -1.10. The molecule has 1 saturated heterocycles. The van der Waals surface area contributed by atoms with Gasteiger partial charge < -0.3 is 10.4 Å². The maximum atomic E-state index is 12.0. The van der Waals surface area contributed by atoms with Crippen LogP contribution in [0.3, 0.4) is 0 Å². The third kappa shape index (κ3) is 3.69. The largest absolute Gasteiger partial charge is 0.481 e. The summed E-state index contributed by atoms with van der Waals surface area (Å²) >= 11 is 0.